The van der Waals surface area contributed by atoms with Crippen molar-refractivity contribution in [3.8, 4) is 0 Å². The van der Waals surface area contributed by atoms with E-state index >= 15 is 0 Å². The van der Waals surface area contributed by atoms with Gasteiger partial charge in [0.25, 0.3) is 0 Å². The minimum absolute atomic E-state index is 0.00685. The van der Waals surface area contributed by atoms with Crippen molar-refractivity contribution >= 4 is 5.78 Å². The molecular weight excluding hydrogens is 200 g/mol. The number of aliphatic hydroxyl groups is 1. The molecule has 1 aromatic rings. The van der Waals surface area contributed by atoms with E-state index in [0.717, 1.165) is 5.56 Å². The highest BCUT2D eigenvalue weighted by Crippen LogP contribution is 2.24. The highest BCUT2D eigenvalue weighted by atomic mass is 16.3. The molecule has 0 amide bonds. The largest absolute Gasteiger partial charge is 0.388 e. The van der Waals surface area contributed by atoms with Crippen LogP contribution < -0.4 is 0 Å². The van der Waals surface area contributed by atoms with Crippen molar-refractivity contribution in [2.75, 3.05) is 0 Å². The molecule has 0 heterocycles. The van der Waals surface area contributed by atoms with Crippen LogP contribution in [0.2, 0.25) is 0 Å². The molecule has 88 valence electrons. The van der Waals surface area contributed by atoms with E-state index in [1.807, 2.05) is 24.3 Å². The van der Waals surface area contributed by atoms with Crippen molar-refractivity contribution in [2.24, 2.45) is 0 Å². The van der Waals surface area contributed by atoms with Gasteiger partial charge in [0.1, 0.15) is 5.78 Å². The number of aliphatic hydroxyl groups excluding tert-OH is 1. The standard InChI is InChI=1S/C14H20O2/c1-10(15)9-13(16)11-5-7-12(8-6-11)14(2,3)4/h5-8,13,16H,9H2,1-4H3/t13-/m0/s1. The van der Waals surface area contributed by atoms with E-state index in [-0.39, 0.29) is 17.6 Å². The summed E-state index contributed by atoms with van der Waals surface area (Å²) in [6.45, 7) is 7.93. The molecule has 0 fully saturated rings. The van der Waals surface area contributed by atoms with Crippen LogP contribution in [0.3, 0.4) is 0 Å². The summed E-state index contributed by atoms with van der Waals surface area (Å²) in [6, 6.07) is 7.82. The average Bonchev–Trinajstić information content (AvgIpc) is 2.15. The molecule has 16 heavy (non-hydrogen) atoms. The van der Waals surface area contributed by atoms with Gasteiger partial charge < -0.3 is 5.11 Å². The lowest BCUT2D eigenvalue weighted by Gasteiger charge is -2.19. The lowest BCUT2D eigenvalue weighted by Crippen LogP contribution is -2.11. The van der Waals surface area contributed by atoms with Crippen molar-refractivity contribution in [3.63, 3.8) is 0 Å². The van der Waals surface area contributed by atoms with Crippen molar-refractivity contribution in [3.05, 3.63) is 35.4 Å². The van der Waals surface area contributed by atoms with E-state index in [1.165, 1.54) is 12.5 Å². The predicted octanol–water partition coefficient (Wildman–Crippen LogP) is 3.00. The van der Waals surface area contributed by atoms with Crippen LogP contribution in [0.5, 0.6) is 0 Å². The van der Waals surface area contributed by atoms with Gasteiger partial charge in [-0.3, -0.25) is 4.79 Å². The van der Waals surface area contributed by atoms with Gasteiger partial charge in [0, 0.05) is 6.42 Å². The van der Waals surface area contributed by atoms with Gasteiger partial charge in [0.15, 0.2) is 0 Å². The Hall–Kier alpha value is -1.15. The quantitative estimate of drug-likeness (QED) is 0.850. The lowest BCUT2D eigenvalue weighted by molar-refractivity contribution is -0.118. The third-order valence-electron chi connectivity index (χ3n) is 2.64. The van der Waals surface area contributed by atoms with Gasteiger partial charge in [-0.15, -0.1) is 0 Å². The van der Waals surface area contributed by atoms with Gasteiger partial charge in [-0.05, 0) is 23.5 Å². The van der Waals surface area contributed by atoms with Crippen LogP contribution in [0.15, 0.2) is 24.3 Å². The van der Waals surface area contributed by atoms with Crippen LogP contribution in [0, 0.1) is 0 Å². The number of hydrogen-bond donors (Lipinski definition) is 1. The molecule has 0 saturated heterocycles. The van der Waals surface area contributed by atoms with E-state index < -0.39 is 6.10 Å². The van der Waals surface area contributed by atoms with Gasteiger partial charge >= 0.3 is 0 Å². The summed E-state index contributed by atoms with van der Waals surface area (Å²) >= 11 is 0. The van der Waals surface area contributed by atoms with Crippen molar-refractivity contribution in [1.29, 1.82) is 0 Å². The third kappa shape index (κ3) is 3.46. The van der Waals surface area contributed by atoms with E-state index in [1.54, 1.807) is 0 Å². The van der Waals surface area contributed by atoms with Gasteiger partial charge in [-0.2, -0.15) is 0 Å². The van der Waals surface area contributed by atoms with E-state index in [4.69, 9.17) is 0 Å². The average molecular weight is 220 g/mol. The number of rotatable bonds is 3. The number of Topliss-reactive ketones (excluding diaryl/α,β-unsaturated/α-hetero) is 1. The Balaban J connectivity index is 2.83. The minimum atomic E-state index is -0.675. The normalized spacial score (nSPS) is 13.6. The Morgan fingerprint density at radius 1 is 1.25 bits per heavy atom. The third-order valence-corrected chi connectivity index (χ3v) is 2.64. The van der Waals surface area contributed by atoms with Crippen molar-refractivity contribution in [1.82, 2.24) is 0 Å². The Labute approximate surface area is 97.3 Å². The molecule has 0 aromatic heterocycles. The molecule has 0 aliphatic heterocycles. The van der Waals surface area contributed by atoms with Crippen LogP contribution in [0.4, 0.5) is 0 Å². The van der Waals surface area contributed by atoms with E-state index in [9.17, 15) is 9.90 Å². The van der Waals surface area contributed by atoms with Crippen LogP contribution in [-0.2, 0) is 10.2 Å². The summed E-state index contributed by atoms with van der Waals surface area (Å²) in [5, 5.41) is 9.76. The first-order valence-electron chi connectivity index (χ1n) is 5.58. The minimum Gasteiger partial charge on any atom is -0.388 e. The Morgan fingerprint density at radius 2 is 1.75 bits per heavy atom. The Morgan fingerprint density at radius 3 is 2.12 bits per heavy atom. The molecule has 1 rings (SSSR count). The first-order chi connectivity index (χ1) is 7.30. The van der Waals surface area contributed by atoms with Crippen LogP contribution in [-0.4, -0.2) is 10.9 Å². The van der Waals surface area contributed by atoms with Gasteiger partial charge in [0.2, 0.25) is 0 Å². The first kappa shape index (κ1) is 12.9. The summed E-state index contributed by atoms with van der Waals surface area (Å²) in [4.78, 5) is 10.9. The fraction of sp³-hybridized carbons (Fsp3) is 0.500. The number of carbonyl (C=O) groups excluding carboxylic acids is 1. The second kappa shape index (κ2) is 4.79. The zero-order valence-electron chi connectivity index (χ0n) is 10.4. The first-order valence-corrected chi connectivity index (χ1v) is 5.58. The fourth-order valence-corrected chi connectivity index (χ4v) is 1.60. The van der Waals surface area contributed by atoms with Crippen molar-refractivity contribution < 1.29 is 9.90 Å². The molecule has 2 nitrogen and oxygen atoms in total. The maximum absolute atomic E-state index is 10.9. The summed E-state index contributed by atoms with van der Waals surface area (Å²) in [5.74, 6) is 0.00685. The predicted molar refractivity (Wildman–Crippen MR) is 65.4 cm³/mol. The van der Waals surface area contributed by atoms with Gasteiger partial charge in [-0.25, -0.2) is 0 Å². The van der Waals surface area contributed by atoms with Crippen molar-refractivity contribution in [2.45, 2.75) is 45.6 Å². The highest BCUT2D eigenvalue weighted by Gasteiger charge is 2.15. The maximum atomic E-state index is 10.9. The van der Waals surface area contributed by atoms with E-state index in [0.29, 0.717) is 0 Å². The molecule has 1 N–H and O–H groups in total. The summed E-state index contributed by atoms with van der Waals surface area (Å²) in [6.07, 6.45) is -0.485. The monoisotopic (exact) mass is 220 g/mol. The number of hydrogen-bond acceptors (Lipinski definition) is 2. The molecule has 0 saturated carbocycles. The topological polar surface area (TPSA) is 37.3 Å². The maximum Gasteiger partial charge on any atom is 0.132 e. The number of ketones is 1. The Bertz CT molecular complexity index is 357. The SMILES string of the molecule is CC(=O)C[C@H](O)c1ccc(C(C)(C)C)cc1. The van der Waals surface area contributed by atoms with Crippen LogP contribution in [0.1, 0.15) is 51.3 Å². The summed E-state index contributed by atoms with van der Waals surface area (Å²) < 4.78 is 0. The molecule has 0 bridgehead atoms. The molecule has 0 aliphatic carbocycles. The molecule has 1 aromatic carbocycles. The van der Waals surface area contributed by atoms with Crippen LogP contribution in [0.25, 0.3) is 0 Å². The molecule has 2 heteroatoms. The Kier molecular flexibility index (Phi) is 3.87. The molecule has 1 atom stereocenters. The van der Waals surface area contributed by atoms with Gasteiger partial charge in [-0.1, -0.05) is 45.0 Å². The molecule has 0 aliphatic rings. The summed E-state index contributed by atoms with van der Waals surface area (Å²) in [7, 11) is 0. The highest BCUT2D eigenvalue weighted by molar-refractivity contribution is 5.76. The fourth-order valence-electron chi connectivity index (χ4n) is 1.60. The molecule has 0 unspecified atom stereocenters. The number of benzene rings is 1. The zero-order chi connectivity index (χ0) is 12.3. The molecular formula is C14H20O2. The second-order valence-corrected chi connectivity index (χ2v) is 5.29. The van der Waals surface area contributed by atoms with E-state index in [2.05, 4.69) is 20.8 Å². The lowest BCUT2D eigenvalue weighted by atomic mass is 9.86. The molecule has 0 radical (unpaired) electrons. The van der Waals surface area contributed by atoms with Crippen LogP contribution >= 0.6 is 0 Å². The summed E-state index contributed by atoms with van der Waals surface area (Å²) in [5.41, 5.74) is 2.15. The molecule has 0 spiro atoms. The smallest absolute Gasteiger partial charge is 0.132 e. The number of carbonyl (C=O) groups is 1. The zero-order valence-corrected chi connectivity index (χ0v) is 10.4. The second-order valence-electron chi connectivity index (χ2n) is 5.29. The van der Waals surface area contributed by atoms with Gasteiger partial charge in [0.05, 0.1) is 6.10 Å².